The van der Waals surface area contributed by atoms with Crippen molar-refractivity contribution in [3.05, 3.63) is 248 Å². The highest BCUT2D eigenvalue weighted by atomic mass is 32.1. The number of methoxy groups -OCH3 is 9. The Morgan fingerprint density at radius 1 is 0.385 bits per heavy atom. The van der Waals surface area contributed by atoms with Gasteiger partial charge in [-0.15, -0.1) is 45.3 Å². The highest BCUT2D eigenvalue weighted by Crippen LogP contribution is 2.42. The summed E-state index contributed by atoms with van der Waals surface area (Å²) in [6.45, 7) is 6.33. The van der Waals surface area contributed by atoms with E-state index in [2.05, 4.69) is 30.2 Å². The lowest BCUT2D eigenvalue weighted by Gasteiger charge is -2.15. The molecule has 0 amide bonds. The monoisotopic (exact) mass is 1470 g/mol. The molecule has 13 rings (SSSR count). The van der Waals surface area contributed by atoms with Crippen LogP contribution < -0.4 is 52.7 Å². The second-order valence-electron chi connectivity index (χ2n) is 22.5. The van der Waals surface area contributed by atoms with Gasteiger partial charge in [0, 0.05) is 94.4 Å². The van der Waals surface area contributed by atoms with Crippen molar-refractivity contribution in [1.82, 2.24) is 24.9 Å². The molecule has 8 aromatic carbocycles. The SMILES string of the molecule is CCCOc1c(OC)cc(C(=O)c2csc(-c3ccccc3)n2)cc1OC.COc1cc(C(=O)c2csc(-c3ccccc3)n2)cc(OC)c1C.COc1cc(C(=O)c2csc(-c3ccccc3)n2)cc(OC)c1C.COc1cc(C(=O)c2csc(Nc3ccc4[nH]ccc4c3)n2)cc(OC)c1OC. The van der Waals surface area contributed by atoms with Crippen molar-refractivity contribution in [3.63, 3.8) is 0 Å². The van der Waals surface area contributed by atoms with Crippen molar-refractivity contribution in [2.75, 3.05) is 75.9 Å². The molecule has 5 aromatic heterocycles. The van der Waals surface area contributed by atoms with Crippen molar-refractivity contribution in [3.8, 4) is 89.2 Å². The van der Waals surface area contributed by atoms with Crippen molar-refractivity contribution >= 4 is 90.2 Å². The molecule has 0 radical (unpaired) electrons. The number of ketones is 4. The van der Waals surface area contributed by atoms with Crippen LogP contribution >= 0.6 is 45.3 Å². The molecule has 0 bridgehead atoms. The summed E-state index contributed by atoms with van der Waals surface area (Å²) in [5, 5.41) is 14.5. The molecular formula is C80H74N6O14S4. The third kappa shape index (κ3) is 17.8. The van der Waals surface area contributed by atoms with Gasteiger partial charge in [0.25, 0.3) is 0 Å². The minimum absolute atomic E-state index is 0.148. The number of rotatable bonds is 25. The van der Waals surface area contributed by atoms with E-state index in [9.17, 15) is 19.2 Å². The van der Waals surface area contributed by atoms with E-state index >= 15 is 0 Å². The van der Waals surface area contributed by atoms with Crippen molar-refractivity contribution in [1.29, 1.82) is 0 Å². The van der Waals surface area contributed by atoms with E-state index < -0.39 is 0 Å². The first-order chi connectivity index (χ1) is 50.6. The summed E-state index contributed by atoms with van der Waals surface area (Å²) in [6, 6.07) is 50.9. The Balaban J connectivity index is 0.000000149. The number of ether oxygens (including phenoxy) is 10. The Hall–Kier alpha value is -11.7. The molecule has 104 heavy (non-hydrogen) atoms. The Morgan fingerprint density at radius 2 is 0.721 bits per heavy atom. The highest BCUT2D eigenvalue weighted by molar-refractivity contribution is 7.14. The van der Waals surface area contributed by atoms with Crippen LogP contribution in [0.4, 0.5) is 10.8 Å². The van der Waals surface area contributed by atoms with Gasteiger partial charge in [-0.2, -0.15) is 0 Å². The number of carbonyl (C=O) groups excluding carboxylic acids is 4. The van der Waals surface area contributed by atoms with E-state index in [0.29, 0.717) is 114 Å². The number of aromatic nitrogens is 5. The van der Waals surface area contributed by atoms with E-state index in [1.165, 1.54) is 80.9 Å². The van der Waals surface area contributed by atoms with E-state index in [4.69, 9.17) is 47.4 Å². The average Bonchev–Trinajstić information content (AvgIpc) is 1.49. The smallest absolute Gasteiger partial charge is 0.212 e. The molecule has 0 saturated carbocycles. The standard InChI is InChI=1S/C21H19N3O4S.C21H21NO4S.2C19H17NO3S/c1-26-17-9-13(10-18(27-2)20(17)28-3)19(25)16-11-29-21(24-16)23-14-4-5-15-12(8-14)6-7-22-15;1-4-10-26-20-17(24-2)11-15(12-18(20)25-3)19(23)16-13-27-21(22-16)14-8-6-5-7-9-14;2*1-12-16(22-2)9-14(10-17(12)23-3)18(21)15-11-24-19(20-15)13-7-5-4-6-8-13/h4-11,22H,1-3H3,(H,23,24);5-9,11-13H,4,10H2,1-3H3;2*4-11H,1-3H3. The zero-order chi connectivity index (χ0) is 73.8. The van der Waals surface area contributed by atoms with Crippen LogP contribution in [0.5, 0.6) is 57.5 Å². The second-order valence-corrected chi connectivity index (χ2v) is 25.9. The third-order valence-electron chi connectivity index (χ3n) is 15.9. The number of thiazole rings is 4. The number of aromatic amines is 1. The summed E-state index contributed by atoms with van der Waals surface area (Å²) in [7, 11) is 13.9. The topological polar surface area (TPSA) is 240 Å². The first-order valence-corrected chi connectivity index (χ1v) is 35.7. The Kier molecular flexibility index (Phi) is 25.8. The van der Waals surface area contributed by atoms with Crippen LogP contribution in [0.1, 0.15) is 88.7 Å². The number of carbonyl (C=O) groups is 4. The van der Waals surface area contributed by atoms with Gasteiger partial charge in [-0.05, 0) is 93.1 Å². The molecular weight excluding hydrogens is 1400 g/mol. The Bertz CT molecular complexity index is 4860. The maximum absolute atomic E-state index is 12.9. The quantitative estimate of drug-likeness (QED) is 0.0505. The van der Waals surface area contributed by atoms with E-state index in [1.807, 2.05) is 142 Å². The summed E-state index contributed by atoms with van der Waals surface area (Å²) < 4.78 is 53.9. The Morgan fingerprint density at radius 3 is 1.07 bits per heavy atom. The largest absolute Gasteiger partial charge is 0.496 e. The van der Waals surface area contributed by atoms with Gasteiger partial charge in [0.2, 0.25) is 34.6 Å². The minimum atomic E-state index is -0.227. The van der Waals surface area contributed by atoms with Gasteiger partial charge in [0.15, 0.2) is 28.1 Å². The number of hydrogen-bond donors (Lipinski definition) is 2. The minimum Gasteiger partial charge on any atom is -0.496 e. The highest BCUT2D eigenvalue weighted by Gasteiger charge is 2.25. The number of H-pyrrole nitrogens is 1. The Labute approximate surface area is 617 Å². The van der Waals surface area contributed by atoms with Crippen LogP contribution in [-0.4, -0.2) is 119 Å². The molecule has 5 heterocycles. The lowest BCUT2D eigenvalue weighted by Crippen LogP contribution is -2.06. The van der Waals surface area contributed by atoms with Crippen molar-refractivity contribution in [2.45, 2.75) is 27.2 Å². The fourth-order valence-corrected chi connectivity index (χ4v) is 13.7. The predicted molar refractivity (Wildman–Crippen MR) is 410 cm³/mol. The molecule has 0 aliphatic carbocycles. The van der Waals surface area contributed by atoms with Gasteiger partial charge in [0.1, 0.15) is 60.8 Å². The van der Waals surface area contributed by atoms with Crippen LogP contribution in [0.25, 0.3) is 42.6 Å². The number of fused-ring (bicyclic) bond motifs is 1. The molecule has 0 atom stereocenters. The summed E-state index contributed by atoms with van der Waals surface area (Å²) in [5.41, 5.74) is 10.1. The molecule has 20 nitrogen and oxygen atoms in total. The number of benzene rings is 8. The van der Waals surface area contributed by atoms with E-state index in [0.717, 1.165) is 65.9 Å². The molecule has 24 heteroatoms. The zero-order valence-electron chi connectivity index (χ0n) is 59.0. The number of nitrogens with one attached hydrogen (secondary N) is 2. The van der Waals surface area contributed by atoms with Gasteiger partial charge in [-0.3, -0.25) is 19.2 Å². The fourth-order valence-electron chi connectivity index (χ4n) is 10.6. The average molecular weight is 1470 g/mol. The van der Waals surface area contributed by atoms with E-state index in [-0.39, 0.29) is 23.1 Å². The molecule has 13 aromatic rings. The molecule has 0 fully saturated rings. The third-order valence-corrected chi connectivity index (χ3v) is 19.4. The maximum Gasteiger partial charge on any atom is 0.212 e. The molecule has 0 spiro atoms. The predicted octanol–water partition coefficient (Wildman–Crippen LogP) is 18.2. The summed E-state index contributed by atoms with van der Waals surface area (Å²) in [6.07, 6.45) is 2.75. The maximum atomic E-state index is 12.9. The van der Waals surface area contributed by atoms with Crippen molar-refractivity contribution < 1.29 is 66.5 Å². The molecule has 0 aliphatic rings. The number of anilines is 2. The number of hydrogen-bond acceptors (Lipinski definition) is 23. The lowest BCUT2D eigenvalue weighted by atomic mass is 10.0. The van der Waals surface area contributed by atoms with Gasteiger partial charge >= 0.3 is 0 Å². The normalized spacial score (nSPS) is 10.5. The number of nitrogens with zero attached hydrogens (tertiary/aromatic N) is 4. The summed E-state index contributed by atoms with van der Waals surface area (Å²) in [4.78, 5) is 72.5. The molecule has 532 valence electrons. The van der Waals surface area contributed by atoms with Crippen LogP contribution in [-0.2, 0) is 0 Å². The molecule has 0 unspecified atom stereocenters. The van der Waals surface area contributed by atoms with E-state index in [1.54, 1.807) is 98.5 Å². The zero-order valence-corrected chi connectivity index (χ0v) is 62.3. The van der Waals surface area contributed by atoms with Crippen LogP contribution in [0.15, 0.2) is 192 Å². The van der Waals surface area contributed by atoms with Gasteiger partial charge in [0.05, 0.1) is 70.6 Å². The fraction of sp³-hybridized carbons (Fsp3) is 0.175. The second kappa shape index (κ2) is 35.8. The van der Waals surface area contributed by atoms with Crippen LogP contribution in [0, 0.1) is 13.8 Å². The van der Waals surface area contributed by atoms with Crippen molar-refractivity contribution in [2.24, 2.45) is 0 Å². The first kappa shape index (κ1) is 75.0. The van der Waals surface area contributed by atoms with Gasteiger partial charge < -0.3 is 57.7 Å². The summed E-state index contributed by atoms with van der Waals surface area (Å²) in [5.74, 6) is 4.48. The van der Waals surface area contributed by atoms with Gasteiger partial charge in [-0.25, -0.2) is 19.9 Å². The van der Waals surface area contributed by atoms with Gasteiger partial charge in [-0.1, -0.05) is 97.9 Å². The summed E-state index contributed by atoms with van der Waals surface area (Å²) >= 11 is 5.71. The van der Waals surface area contributed by atoms with Crippen LogP contribution in [0.2, 0.25) is 0 Å². The molecule has 0 aliphatic heterocycles. The lowest BCUT2D eigenvalue weighted by molar-refractivity contribution is 0.102. The molecule has 0 saturated heterocycles. The first-order valence-electron chi connectivity index (χ1n) is 32.2. The van der Waals surface area contributed by atoms with Crippen LogP contribution in [0.3, 0.4) is 0 Å². The molecule has 2 N–H and O–H groups in total.